The molecule has 0 bridgehead atoms. The van der Waals surface area contributed by atoms with Crippen LogP contribution in [0.1, 0.15) is 63.9 Å². The smallest absolute Gasteiger partial charge is 0.410 e. The number of aryl methyl sites for hydroxylation is 1. The topological polar surface area (TPSA) is 79.5 Å². The summed E-state index contributed by atoms with van der Waals surface area (Å²) >= 11 is 0. The van der Waals surface area contributed by atoms with Crippen molar-refractivity contribution in [3.8, 4) is 5.75 Å². The van der Waals surface area contributed by atoms with Crippen molar-refractivity contribution in [2.24, 2.45) is 0 Å². The van der Waals surface area contributed by atoms with Gasteiger partial charge in [-0.25, -0.2) is 4.79 Å². The minimum absolute atomic E-state index is 0.0444. The molecule has 0 radical (unpaired) electrons. The maximum Gasteiger partial charge on any atom is 0.415 e. The summed E-state index contributed by atoms with van der Waals surface area (Å²) in [4.78, 5) is 43.1. The lowest BCUT2D eigenvalue weighted by atomic mass is 9.94. The Kier molecular flexibility index (Phi) is 3.79. The minimum atomic E-state index is -0.328. The first-order chi connectivity index (χ1) is 14.6. The van der Waals surface area contributed by atoms with Gasteiger partial charge in [0.1, 0.15) is 5.75 Å². The standard InChI is InChI=1S/C24H22N2O4/c27-18-12-19(28)22-20(18)14-5-4-6-15(14)23-21(22)16-11-13(7-8-17(16)25-23)30-24(29)26-9-2-1-3-10-26/h7-8,11,25H,1-6,9-10,12H2. The van der Waals surface area contributed by atoms with Gasteiger partial charge in [-0.3, -0.25) is 9.59 Å². The van der Waals surface area contributed by atoms with Crippen molar-refractivity contribution >= 4 is 39.5 Å². The van der Waals surface area contributed by atoms with Crippen LogP contribution in [0.15, 0.2) is 18.2 Å². The molecule has 6 nitrogen and oxygen atoms in total. The van der Waals surface area contributed by atoms with E-state index in [2.05, 4.69) is 4.98 Å². The van der Waals surface area contributed by atoms with E-state index in [1.54, 1.807) is 11.0 Å². The summed E-state index contributed by atoms with van der Waals surface area (Å²) in [5.74, 6) is 0.299. The molecule has 0 atom stereocenters. The third-order valence-electron chi connectivity index (χ3n) is 6.79. The molecular weight excluding hydrogens is 380 g/mol. The average Bonchev–Trinajstić information content (AvgIpc) is 3.44. The van der Waals surface area contributed by atoms with Crippen LogP contribution in [-0.4, -0.2) is 40.6 Å². The number of aromatic nitrogens is 1. The van der Waals surface area contributed by atoms with Crippen LogP contribution in [0, 0.1) is 0 Å². The second-order valence-corrected chi connectivity index (χ2v) is 8.58. The molecule has 2 heterocycles. The van der Waals surface area contributed by atoms with Gasteiger partial charge in [-0.05, 0) is 67.9 Å². The number of hydrogen-bond acceptors (Lipinski definition) is 4. The van der Waals surface area contributed by atoms with E-state index in [9.17, 15) is 14.4 Å². The average molecular weight is 402 g/mol. The van der Waals surface area contributed by atoms with Crippen LogP contribution >= 0.6 is 0 Å². The molecule has 1 aliphatic heterocycles. The first-order valence-electron chi connectivity index (χ1n) is 10.8. The number of fused-ring (bicyclic) bond motifs is 8. The van der Waals surface area contributed by atoms with Crippen LogP contribution in [-0.2, 0) is 12.8 Å². The van der Waals surface area contributed by atoms with E-state index in [1.165, 1.54) is 0 Å². The van der Waals surface area contributed by atoms with Crippen LogP contribution in [0.5, 0.6) is 5.75 Å². The Hall–Kier alpha value is -3.15. The third kappa shape index (κ3) is 2.46. The fraction of sp³-hybridized carbons (Fsp3) is 0.375. The monoisotopic (exact) mass is 402 g/mol. The quantitative estimate of drug-likeness (QED) is 0.605. The van der Waals surface area contributed by atoms with Crippen LogP contribution in [0.2, 0.25) is 0 Å². The van der Waals surface area contributed by atoms with Gasteiger partial charge in [0.15, 0.2) is 11.6 Å². The highest BCUT2D eigenvalue weighted by molar-refractivity contribution is 6.33. The van der Waals surface area contributed by atoms with Crippen molar-refractivity contribution in [2.75, 3.05) is 13.1 Å². The molecule has 3 aromatic rings. The number of Topliss-reactive ketones (excluding diaryl/α,β-unsaturated/α-hetero) is 2. The normalized spacial score (nSPS) is 18.3. The number of benzene rings is 2. The Morgan fingerprint density at radius 2 is 1.70 bits per heavy atom. The molecule has 3 aliphatic rings. The Labute approximate surface area is 173 Å². The van der Waals surface area contributed by atoms with Gasteiger partial charge in [0.05, 0.1) is 11.9 Å². The van der Waals surface area contributed by atoms with E-state index in [4.69, 9.17) is 4.74 Å². The number of carbonyl (C=O) groups excluding carboxylic acids is 3. The summed E-state index contributed by atoms with van der Waals surface area (Å²) in [5.41, 5.74) is 5.25. The lowest BCUT2D eigenvalue weighted by Gasteiger charge is -2.25. The molecule has 0 unspecified atom stereocenters. The van der Waals surface area contributed by atoms with Gasteiger partial charge in [0.25, 0.3) is 0 Å². The van der Waals surface area contributed by atoms with E-state index < -0.39 is 0 Å². The Balaban J connectivity index is 1.51. The van der Waals surface area contributed by atoms with Crippen LogP contribution in [0.3, 0.4) is 0 Å². The molecule has 2 aromatic carbocycles. The van der Waals surface area contributed by atoms with Gasteiger partial charge in [-0.15, -0.1) is 0 Å². The molecule has 0 spiro atoms. The zero-order valence-corrected chi connectivity index (χ0v) is 16.7. The third-order valence-corrected chi connectivity index (χ3v) is 6.79. The summed E-state index contributed by atoms with van der Waals surface area (Å²) in [6.07, 6.45) is 5.53. The number of hydrogen-bond donors (Lipinski definition) is 1. The molecule has 6 heteroatoms. The predicted octanol–water partition coefficient (Wildman–Crippen LogP) is 4.56. The van der Waals surface area contributed by atoms with Crippen molar-refractivity contribution in [3.05, 3.63) is 40.5 Å². The summed E-state index contributed by atoms with van der Waals surface area (Å²) in [7, 11) is 0. The molecular formula is C24H22N2O4. The molecule has 1 aromatic heterocycles. The van der Waals surface area contributed by atoms with E-state index >= 15 is 0 Å². The molecule has 1 N–H and O–H groups in total. The number of nitrogens with zero attached hydrogens (tertiary/aromatic N) is 1. The molecule has 1 saturated heterocycles. The molecule has 2 aliphatic carbocycles. The van der Waals surface area contributed by atoms with E-state index in [1.807, 2.05) is 12.1 Å². The Morgan fingerprint density at radius 3 is 2.53 bits per heavy atom. The van der Waals surface area contributed by atoms with Gasteiger partial charge < -0.3 is 14.6 Å². The number of aromatic amines is 1. The van der Waals surface area contributed by atoms with Crippen LogP contribution in [0.4, 0.5) is 4.79 Å². The number of carbonyl (C=O) groups is 3. The second kappa shape index (κ2) is 6.42. The number of nitrogens with one attached hydrogen (secondary N) is 1. The highest BCUT2D eigenvalue weighted by Crippen LogP contribution is 2.43. The van der Waals surface area contributed by atoms with Crippen LogP contribution < -0.4 is 4.74 Å². The zero-order chi connectivity index (χ0) is 20.4. The SMILES string of the molecule is O=C1CC(=O)c2c1c1c(c3[nH]c4ccc(OC(=O)N5CCCCC5)cc4c23)CCC1. The number of rotatable bonds is 1. The van der Waals surface area contributed by atoms with Crippen LogP contribution in [0.25, 0.3) is 21.8 Å². The van der Waals surface area contributed by atoms with Gasteiger partial charge >= 0.3 is 6.09 Å². The number of likely N-dealkylation sites (tertiary alicyclic amines) is 1. The largest absolute Gasteiger partial charge is 0.415 e. The summed E-state index contributed by atoms with van der Waals surface area (Å²) < 4.78 is 5.66. The first-order valence-corrected chi connectivity index (χ1v) is 10.8. The molecule has 1 amide bonds. The first kappa shape index (κ1) is 17.7. The summed E-state index contributed by atoms with van der Waals surface area (Å²) in [5, 5.41) is 1.65. The van der Waals surface area contributed by atoms with Crippen molar-refractivity contribution in [1.82, 2.24) is 9.88 Å². The van der Waals surface area contributed by atoms with E-state index in [-0.39, 0.29) is 24.1 Å². The predicted molar refractivity (Wildman–Crippen MR) is 113 cm³/mol. The maximum absolute atomic E-state index is 12.8. The summed E-state index contributed by atoms with van der Waals surface area (Å²) in [6, 6.07) is 5.50. The fourth-order valence-corrected chi connectivity index (χ4v) is 5.44. The van der Waals surface area contributed by atoms with Gasteiger partial charge in [-0.1, -0.05) is 0 Å². The lowest BCUT2D eigenvalue weighted by molar-refractivity contribution is 0.0923. The fourth-order valence-electron chi connectivity index (χ4n) is 5.44. The molecule has 30 heavy (non-hydrogen) atoms. The van der Waals surface area contributed by atoms with Gasteiger partial charge in [-0.2, -0.15) is 0 Å². The van der Waals surface area contributed by atoms with Crippen molar-refractivity contribution < 1.29 is 19.1 Å². The number of ether oxygens (including phenoxy) is 1. The zero-order valence-electron chi connectivity index (χ0n) is 16.7. The van der Waals surface area contributed by atoms with E-state index in [0.717, 1.165) is 84.5 Å². The maximum atomic E-state index is 12.8. The summed E-state index contributed by atoms with van der Waals surface area (Å²) in [6.45, 7) is 1.45. The Morgan fingerprint density at radius 1 is 0.933 bits per heavy atom. The number of amides is 1. The highest BCUT2D eigenvalue weighted by Gasteiger charge is 2.36. The van der Waals surface area contributed by atoms with Crippen molar-refractivity contribution in [1.29, 1.82) is 0 Å². The van der Waals surface area contributed by atoms with Crippen molar-refractivity contribution in [2.45, 2.75) is 44.9 Å². The minimum Gasteiger partial charge on any atom is -0.410 e. The second-order valence-electron chi connectivity index (χ2n) is 8.58. The van der Waals surface area contributed by atoms with Gasteiger partial charge in [0.2, 0.25) is 0 Å². The Bertz CT molecular complexity index is 1260. The molecule has 1 fully saturated rings. The van der Waals surface area contributed by atoms with Gasteiger partial charge in [0, 0.05) is 40.5 Å². The number of piperidine rings is 1. The molecule has 0 saturated carbocycles. The highest BCUT2D eigenvalue weighted by atomic mass is 16.6. The molecule has 6 rings (SSSR count). The van der Waals surface area contributed by atoms with E-state index in [0.29, 0.717) is 16.9 Å². The molecule has 152 valence electrons. The number of ketones is 2. The van der Waals surface area contributed by atoms with Crippen molar-refractivity contribution in [3.63, 3.8) is 0 Å². The number of H-pyrrole nitrogens is 1. The lowest BCUT2D eigenvalue weighted by Crippen LogP contribution is -2.37.